The van der Waals surface area contributed by atoms with Gasteiger partial charge in [-0.3, -0.25) is 4.79 Å². The maximum atomic E-state index is 10.7. The molecule has 0 aromatic carbocycles. The number of amides is 1. The van der Waals surface area contributed by atoms with Crippen molar-refractivity contribution in [2.24, 2.45) is 11.5 Å². The second-order valence-corrected chi connectivity index (χ2v) is 3.99. The minimum absolute atomic E-state index is 0.188. The van der Waals surface area contributed by atoms with Crippen LogP contribution in [0.1, 0.15) is 18.2 Å². The summed E-state index contributed by atoms with van der Waals surface area (Å²) in [4.78, 5) is 11.6. The van der Waals surface area contributed by atoms with Crippen molar-refractivity contribution in [3.05, 3.63) is 22.4 Å². The van der Waals surface area contributed by atoms with Gasteiger partial charge in [0.2, 0.25) is 5.91 Å². The summed E-state index contributed by atoms with van der Waals surface area (Å²) in [6.45, 7) is 1.81. The Morgan fingerprint density at radius 2 is 2.42 bits per heavy atom. The maximum Gasteiger partial charge on any atom is 0.219 e. The molecule has 0 aliphatic rings. The van der Waals surface area contributed by atoms with Crippen LogP contribution in [0.5, 0.6) is 0 Å². The third-order valence-electron chi connectivity index (χ3n) is 1.63. The van der Waals surface area contributed by atoms with Crippen LogP contribution in [0.2, 0.25) is 0 Å². The van der Waals surface area contributed by atoms with Gasteiger partial charge in [-0.15, -0.1) is 11.3 Å². The summed E-state index contributed by atoms with van der Waals surface area (Å²) in [7, 11) is 0. The Labute approximate surface area is 75.4 Å². The van der Waals surface area contributed by atoms with Crippen LogP contribution in [0, 0.1) is 0 Å². The van der Waals surface area contributed by atoms with Crippen molar-refractivity contribution in [1.29, 1.82) is 0 Å². The van der Waals surface area contributed by atoms with E-state index in [0.717, 1.165) is 4.88 Å². The van der Waals surface area contributed by atoms with Gasteiger partial charge in [-0.1, -0.05) is 6.07 Å². The third kappa shape index (κ3) is 2.06. The van der Waals surface area contributed by atoms with Gasteiger partial charge in [0.25, 0.3) is 0 Å². The molecule has 1 rings (SSSR count). The Morgan fingerprint density at radius 3 is 2.83 bits per heavy atom. The molecular formula is C8H12N2OS. The molecule has 0 radical (unpaired) electrons. The summed E-state index contributed by atoms with van der Waals surface area (Å²) in [5.41, 5.74) is 10.4. The van der Waals surface area contributed by atoms with Crippen LogP contribution in [0.25, 0.3) is 0 Å². The monoisotopic (exact) mass is 184 g/mol. The number of hydrogen-bond acceptors (Lipinski definition) is 3. The quantitative estimate of drug-likeness (QED) is 0.729. The van der Waals surface area contributed by atoms with Crippen molar-refractivity contribution in [2.75, 3.05) is 0 Å². The van der Waals surface area contributed by atoms with Crippen LogP contribution in [0.3, 0.4) is 0 Å². The molecule has 0 saturated carbocycles. The first-order valence-corrected chi connectivity index (χ1v) is 4.51. The van der Waals surface area contributed by atoms with Crippen molar-refractivity contribution in [3.63, 3.8) is 0 Å². The van der Waals surface area contributed by atoms with E-state index in [4.69, 9.17) is 11.5 Å². The molecule has 3 nitrogen and oxygen atoms in total. The molecule has 0 aliphatic heterocycles. The molecule has 0 aliphatic carbocycles. The molecule has 0 bridgehead atoms. The predicted octanol–water partition coefficient (Wildman–Crippen LogP) is 0.797. The number of nitrogens with two attached hydrogens (primary N) is 2. The molecule has 1 unspecified atom stereocenters. The standard InChI is InChI=1S/C8H12N2OS/c1-8(10,5-7(9)11)6-3-2-4-12-6/h2-4H,5,10H2,1H3,(H2,9,11). The highest BCUT2D eigenvalue weighted by Crippen LogP contribution is 2.25. The fourth-order valence-electron chi connectivity index (χ4n) is 1.05. The second kappa shape index (κ2) is 3.25. The van der Waals surface area contributed by atoms with Crippen LogP contribution in [-0.2, 0) is 10.3 Å². The summed E-state index contributed by atoms with van der Waals surface area (Å²) in [5.74, 6) is -0.367. The summed E-state index contributed by atoms with van der Waals surface area (Å²) in [6.07, 6.45) is 0.188. The molecule has 4 heteroatoms. The lowest BCUT2D eigenvalue weighted by Crippen LogP contribution is -2.36. The lowest BCUT2D eigenvalue weighted by molar-refractivity contribution is -0.119. The van der Waals surface area contributed by atoms with E-state index in [0.29, 0.717) is 0 Å². The van der Waals surface area contributed by atoms with E-state index < -0.39 is 5.54 Å². The Morgan fingerprint density at radius 1 is 1.75 bits per heavy atom. The molecular weight excluding hydrogens is 172 g/mol. The SMILES string of the molecule is CC(N)(CC(N)=O)c1cccs1. The zero-order chi connectivity index (χ0) is 9.19. The summed E-state index contributed by atoms with van der Waals surface area (Å²) in [6, 6.07) is 3.82. The average Bonchev–Trinajstić information content (AvgIpc) is 2.32. The zero-order valence-corrected chi connectivity index (χ0v) is 7.73. The zero-order valence-electron chi connectivity index (χ0n) is 6.91. The van der Waals surface area contributed by atoms with Gasteiger partial charge >= 0.3 is 0 Å². The van der Waals surface area contributed by atoms with E-state index in [-0.39, 0.29) is 12.3 Å². The largest absolute Gasteiger partial charge is 0.370 e. The predicted molar refractivity (Wildman–Crippen MR) is 49.7 cm³/mol. The molecule has 4 N–H and O–H groups in total. The van der Waals surface area contributed by atoms with Gasteiger partial charge in [-0.25, -0.2) is 0 Å². The van der Waals surface area contributed by atoms with E-state index in [2.05, 4.69) is 0 Å². The highest BCUT2D eigenvalue weighted by molar-refractivity contribution is 7.10. The van der Waals surface area contributed by atoms with Gasteiger partial charge in [0, 0.05) is 11.3 Å². The average molecular weight is 184 g/mol. The van der Waals surface area contributed by atoms with E-state index in [1.54, 1.807) is 0 Å². The molecule has 12 heavy (non-hydrogen) atoms. The first kappa shape index (κ1) is 9.22. The van der Waals surface area contributed by atoms with Gasteiger partial charge in [0.05, 0.1) is 5.54 Å². The summed E-state index contributed by atoms with van der Waals surface area (Å²) >= 11 is 1.54. The molecule has 66 valence electrons. The highest BCUT2D eigenvalue weighted by Gasteiger charge is 2.24. The van der Waals surface area contributed by atoms with Crippen molar-refractivity contribution in [3.8, 4) is 0 Å². The molecule has 1 heterocycles. The molecule has 1 amide bonds. The number of rotatable bonds is 3. The van der Waals surface area contributed by atoms with E-state index in [1.807, 2.05) is 24.4 Å². The highest BCUT2D eigenvalue weighted by atomic mass is 32.1. The number of primary amides is 1. The minimum Gasteiger partial charge on any atom is -0.370 e. The molecule has 0 fully saturated rings. The lowest BCUT2D eigenvalue weighted by Gasteiger charge is -2.20. The normalized spacial score (nSPS) is 15.5. The molecule has 0 spiro atoms. The van der Waals surface area contributed by atoms with Crippen LogP contribution in [-0.4, -0.2) is 5.91 Å². The van der Waals surface area contributed by atoms with Gasteiger partial charge < -0.3 is 11.5 Å². The Hall–Kier alpha value is -0.870. The first-order valence-electron chi connectivity index (χ1n) is 3.63. The fourth-order valence-corrected chi connectivity index (χ4v) is 1.85. The van der Waals surface area contributed by atoms with Crippen molar-refractivity contribution < 1.29 is 4.79 Å². The second-order valence-electron chi connectivity index (χ2n) is 3.04. The van der Waals surface area contributed by atoms with E-state index >= 15 is 0 Å². The minimum atomic E-state index is -0.611. The van der Waals surface area contributed by atoms with E-state index in [9.17, 15) is 4.79 Å². The summed E-state index contributed by atoms with van der Waals surface area (Å²) < 4.78 is 0. The molecule has 0 saturated heterocycles. The Balaban J connectivity index is 2.79. The van der Waals surface area contributed by atoms with Crippen LogP contribution in [0.15, 0.2) is 17.5 Å². The number of thiophene rings is 1. The topological polar surface area (TPSA) is 69.1 Å². The first-order chi connectivity index (χ1) is 5.52. The van der Waals surface area contributed by atoms with Crippen LogP contribution in [0.4, 0.5) is 0 Å². The summed E-state index contributed by atoms with van der Waals surface area (Å²) in [5, 5.41) is 1.93. The number of carbonyl (C=O) groups excluding carboxylic acids is 1. The maximum absolute atomic E-state index is 10.7. The van der Waals surface area contributed by atoms with E-state index in [1.165, 1.54) is 11.3 Å². The molecule has 1 aromatic rings. The van der Waals surface area contributed by atoms with Gasteiger partial charge in [0.1, 0.15) is 0 Å². The number of hydrogen-bond donors (Lipinski definition) is 2. The van der Waals surface area contributed by atoms with Crippen LogP contribution >= 0.6 is 11.3 Å². The number of carbonyl (C=O) groups is 1. The van der Waals surface area contributed by atoms with Crippen molar-refractivity contribution in [1.82, 2.24) is 0 Å². The Kier molecular flexibility index (Phi) is 2.49. The van der Waals surface area contributed by atoms with Gasteiger partial charge in [-0.2, -0.15) is 0 Å². The molecule has 1 aromatic heterocycles. The lowest BCUT2D eigenvalue weighted by atomic mass is 9.97. The Bertz CT molecular complexity index is 267. The fraction of sp³-hybridized carbons (Fsp3) is 0.375. The molecule has 1 atom stereocenters. The third-order valence-corrected chi connectivity index (χ3v) is 2.78. The van der Waals surface area contributed by atoms with Crippen LogP contribution < -0.4 is 11.5 Å². The van der Waals surface area contributed by atoms with Crippen molar-refractivity contribution >= 4 is 17.2 Å². The van der Waals surface area contributed by atoms with Gasteiger partial charge in [0.15, 0.2) is 0 Å². The van der Waals surface area contributed by atoms with Crippen molar-refractivity contribution in [2.45, 2.75) is 18.9 Å². The van der Waals surface area contributed by atoms with Gasteiger partial charge in [-0.05, 0) is 18.4 Å². The smallest absolute Gasteiger partial charge is 0.219 e.